The molecule has 0 aliphatic heterocycles. The van der Waals surface area contributed by atoms with Crippen LogP contribution in [-0.4, -0.2) is 21.5 Å². The Labute approximate surface area is 127 Å². The maximum Gasteiger partial charge on any atom is 0.261 e. The first-order valence-corrected chi connectivity index (χ1v) is 7.42. The number of fused-ring (bicyclic) bond motifs is 1. The molecular formula is C15H17N3O2S. The van der Waals surface area contributed by atoms with Crippen LogP contribution in [0.2, 0.25) is 0 Å². The van der Waals surface area contributed by atoms with Crippen LogP contribution < -0.4 is 10.9 Å². The highest BCUT2D eigenvalue weighted by Crippen LogP contribution is 2.32. The van der Waals surface area contributed by atoms with Gasteiger partial charge in [-0.2, -0.15) is 0 Å². The van der Waals surface area contributed by atoms with Crippen molar-refractivity contribution in [1.82, 2.24) is 14.9 Å². The molecule has 110 valence electrons. The molecule has 1 saturated carbocycles. The Bertz CT molecular complexity index is 833. The Morgan fingerprint density at radius 2 is 2.19 bits per heavy atom. The molecule has 0 radical (unpaired) electrons. The summed E-state index contributed by atoms with van der Waals surface area (Å²) in [7, 11) is 1.62. The van der Waals surface area contributed by atoms with Gasteiger partial charge in [0.2, 0.25) is 0 Å². The third-order valence-corrected chi connectivity index (χ3v) is 4.43. The maximum atomic E-state index is 12.2. The van der Waals surface area contributed by atoms with Gasteiger partial charge in [0, 0.05) is 18.7 Å². The van der Waals surface area contributed by atoms with Crippen LogP contribution in [0.25, 0.3) is 10.9 Å². The van der Waals surface area contributed by atoms with Crippen molar-refractivity contribution in [2.45, 2.75) is 25.8 Å². The van der Waals surface area contributed by atoms with Crippen LogP contribution >= 0.6 is 12.2 Å². The molecule has 2 aromatic rings. The Kier molecular flexibility index (Phi) is 3.41. The first-order valence-electron chi connectivity index (χ1n) is 7.01. The lowest BCUT2D eigenvalue weighted by atomic mass is 10.1. The number of aromatic amines is 1. The number of hydrogen-bond donors (Lipinski definition) is 2. The van der Waals surface area contributed by atoms with Gasteiger partial charge >= 0.3 is 0 Å². The van der Waals surface area contributed by atoms with E-state index in [1.165, 1.54) is 17.4 Å². The van der Waals surface area contributed by atoms with Crippen molar-refractivity contribution in [2.75, 3.05) is 0 Å². The quantitative estimate of drug-likeness (QED) is 0.854. The number of nitrogens with one attached hydrogen (secondary N) is 2. The van der Waals surface area contributed by atoms with Crippen LogP contribution in [0.15, 0.2) is 23.0 Å². The molecule has 2 N–H and O–H groups in total. The Morgan fingerprint density at radius 1 is 1.48 bits per heavy atom. The fourth-order valence-electron chi connectivity index (χ4n) is 2.45. The summed E-state index contributed by atoms with van der Waals surface area (Å²) >= 11 is 5.10. The fraction of sp³-hybridized carbons (Fsp3) is 0.400. The number of hydrogen-bond acceptors (Lipinski definition) is 3. The summed E-state index contributed by atoms with van der Waals surface area (Å²) in [5, 5.41) is 3.53. The van der Waals surface area contributed by atoms with Crippen molar-refractivity contribution in [1.29, 1.82) is 0 Å². The third-order valence-electron chi connectivity index (χ3n) is 4.05. The second-order valence-corrected chi connectivity index (χ2v) is 6.04. The predicted molar refractivity (Wildman–Crippen MR) is 84.0 cm³/mol. The second kappa shape index (κ2) is 5.11. The average molecular weight is 303 g/mol. The molecule has 1 aromatic heterocycles. The normalized spacial score (nSPS) is 15.9. The Hall–Kier alpha value is -1.95. The highest BCUT2D eigenvalue weighted by molar-refractivity contribution is 7.71. The van der Waals surface area contributed by atoms with Gasteiger partial charge in [-0.1, -0.05) is 0 Å². The van der Waals surface area contributed by atoms with Crippen molar-refractivity contribution in [3.05, 3.63) is 38.9 Å². The molecule has 21 heavy (non-hydrogen) atoms. The second-order valence-electron chi connectivity index (χ2n) is 5.65. The number of benzene rings is 1. The van der Waals surface area contributed by atoms with Gasteiger partial charge in [0.1, 0.15) is 0 Å². The minimum atomic E-state index is -0.160. The summed E-state index contributed by atoms with van der Waals surface area (Å²) in [6.45, 7) is 2.03. The topological polar surface area (TPSA) is 66.9 Å². The van der Waals surface area contributed by atoms with Crippen molar-refractivity contribution in [2.24, 2.45) is 13.0 Å². The molecule has 1 aliphatic carbocycles. The van der Waals surface area contributed by atoms with Gasteiger partial charge in [-0.05, 0) is 56.1 Å². The van der Waals surface area contributed by atoms with E-state index < -0.39 is 0 Å². The van der Waals surface area contributed by atoms with Gasteiger partial charge in [0.05, 0.1) is 10.9 Å². The van der Waals surface area contributed by atoms with Crippen LogP contribution in [0.4, 0.5) is 0 Å². The van der Waals surface area contributed by atoms with E-state index in [0.29, 0.717) is 27.2 Å². The zero-order valence-corrected chi connectivity index (χ0v) is 12.8. The van der Waals surface area contributed by atoms with Crippen molar-refractivity contribution in [3.63, 3.8) is 0 Å². The summed E-state index contributed by atoms with van der Waals surface area (Å²) < 4.78 is 1.73. The molecule has 1 amide bonds. The lowest BCUT2D eigenvalue weighted by Gasteiger charge is -2.13. The van der Waals surface area contributed by atoms with Crippen LogP contribution in [-0.2, 0) is 7.05 Å². The molecule has 3 rings (SSSR count). The van der Waals surface area contributed by atoms with Crippen LogP contribution in [0.5, 0.6) is 0 Å². The summed E-state index contributed by atoms with van der Waals surface area (Å²) in [6.07, 6.45) is 2.37. The predicted octanol–water partition coefficient (Wildman–Crippen LogP) is 2.12. The molecule has 1 unspecified atom stereocenters. The van der Waals surface area contributed by atoms with E-state index >= 15 is 0 Å². The molecule has 1 aliphatic rings. The molecule has 1 aromatic carbocycles. The Morgan fingerprint density at radius 3 is 2.86 bits per heavy atom. The maximum absolute atomic E-state index is 12.2. The molecule has 6 heteroatoms. The molecule has 5 nitrogen and oxygen atoms in total. The largest absolute Gasteiger partial charge is 0.349 e. The summed E-state index contributed by atoms with van der Waals surface area (Å²) in [4.78, 5) is 27.3. The minimum Gasteiger partial charge on any atom is -0.349 e. The smallest absolute Gasteiger partial charge is 0.261 e. The third kappa shape index (κ3) is 2.63. The van der Waals surface area contributed by atoms with Gasteiger partial charge < -0.3 is 10.3 Å². The number of rotatable bonds is 3. The molecule has 1 atom stereocenters. The summed E-state index contributed by atoms with van der Waals surface area (Å²) in [5.74, 6) is 0.490. The summed E-state index contributed by atoms with van der Waals surface area (Å²) in [6, 6.07) is 5.21. The standard InChI is InChI=1S/C15H17N3O2S/c1-8(9-3-4-9)16-13(19)10-5-6-11-12(7-10)17-15(21)18(2)14(11)20/h5-9H,3-4H2,1-2H3,(H,16,19)(H,17,21). The van der Waals surface area contributed by atoms with E-state index in [0.717, 1.165) is 0 Å². The molecular weight excluding hydrogens is 286 g/mol. The fourth-order valence-corrected chi connectivity index (χ4v) is 2.64. The van der Waals surface area contributed by atoms with Crippen molar-refractivity contribution < 1.29 is 4.79 Å². The highest BCUT2D eigenvalue weighted by Gasteiger charge is 2.29. The zero-order valence-electron chi connectivity index (χ0n) is 12.0. The summed E-state index contributed by atoms with van der Waals surface area (Å²) in [5.41, 5.74) is 0.968. The molecule has 1 heterocycles. The first kappa shape index (κ1) is 14.0. The minimum absolute atomic E-state index is 0.115. The number of amides is 1. The monoisotopic (exact) mass is 303 g/mol. The SMILES string of the molecule is CC(NC(=O)c1ccc2c(=O)n(C)c(=S)[nH]c2c1)C1CC1. The molecule has 1 fully saturated rings. The van der Waals surface area contributed by atoms with Crippen molar-refractivity contribution in [3.8, 4) is 0 Å². The lowest BCUT2D eigenvalue weighted by molar-refractivity contribution is 0.0936. The van der Waals surface area contributed by atoms with Crippen LogP contribution in [0, 0.1) is 10.7 Å². The van der Waals surface area contributed by atoms with E-state index in [-0.39, 0.29) is 17.5 Å². The van der Waals surface area contributed by atoms with Gasteiger partial charge in [0.15, 0.2) is 4.77 Å². The van der Waals surface area contributed by atoms with Gasteiger partial charge in [-0.3, -0.25) is 14.2 Å². The number of H-pyrrole nitrogens is 1. The van der Waals surface area contributed by atoms with E-state index in [4.69, 9.17) is 12.2 Å². The van der Waals surface area contributed by atoms with E-state index in [1.807, 2.05) is 6.92 Å². The zero-order chi connectivity index (χ0) is 15.1. The Balaban J connectivity index is 1.97. The van der Waals surface area contributed by atoms with Gasteiger partial charge in [-0.25, -0.2) is 0 Å². The van der Waals surface area contributed by atoms with Gasteiger partial charge in [-0.15, -0.1) is 0 Å². The number of carbonyl (C=O) groups excluding carboxylic acids is 1. The average Bonchev–Trinajstić information content (AvgIpc) is 3.29. The van der Waals surface area contributed by atoms with Gasteiger partial charge in [0.25, 0.3) is 11.5 Å². The van der Waals surface area contributed by atoms with E-state index in [1.54, 1.807) is 25.2 Å². The van der Waals surface area contributed by atoms with E-state index in [9.17, 15) is 9.59 Å². The number of nitrogens with zero attached hydrogens (tertiary/aromatic N) is 1. The van der Waals surface area contributed by atoms with Crippen molar-refractivity contribution >= 4 is 29.0 Å². The van der Waals surface area contributed by atoms with Crippen LogP contribution in [0.3, 0.4) is 0 Å². The van der Waals surface area contributed by atoms with E-state index in [2.05, 4.69) is 10.3 Å². The number of carbonyl (C=O) groups is 1. The highest BCUT2D eigenvalue weighted by atomic mass is 32.1. The number of aromatic nitrogens is 2. The molecule has 0 spiro atoms. The lowest BCUT2D eigenvalue weighted by Crippen LogP contribution is -2.34. The first-order chi connectivity index (χ1) is 9.97. The van der Waals surface area contributed by atoms with Crippen LogP contribution in [0.1, 0.15) is 30.1 Å². The molecule has 0 saturated heterocycles. The molecule has 0 bridgehead atoms.